The Balaban J connectivity index is 1.77. The number of ether oxygens (including phenoxy) is 1. The van der Waals surface area contributed by atoms with Crippen LogP contribution in [0, 0.1) is 5.82 Å². The summed E-state index contributed by atoms with van der Waals surface area (Å²) >= 11 is 0. The number of nitrogens with one attached hydrogen (secondary N) is 1. The zero-order valence-electron chi connectivity index (χ0n) is 14.3. The summed E-state index contributed by atoms with van der Waals surface area (Å²) in [4.78, 5) is 27.6. The topological polar surface area (TPSA) is 61.9 Å². The van der Waals surface area contributed by atoms with Crippen LogP contribution in [0.4, 0.5) is 9.18 Å². The molecular formula is C17H24FN3O3. The van der Waals surface area contributed by atoms with Gasteiger partial charge in [-0.1, -0.05) is 6.07 Å². The molecule has 1 aliphatic rings. The molecule has 1 aromatic carbocycles. The molecular weight excluding hydrogens is 313 g/mol. The van der Waals surface area contributed by atoms with Crippen LogP contribution in [0.3, 0.4) is 0 Å². The minimum atomic E-state index is -0.404. The van der Waals surface area contributed by atoms with E-state index in [0.717, 1.165) is 0 Å². The van der Waals surface area contributed by atoms with Gasteiger partial charge in [0.05, 0.1) is 0 Å². The van der Waals surface area contributed by atoms with Crippen LogP contribution in [0.1, 0.15) is 20.8 Å². The first-order chi connectivity index (χ1) is 11.2. The predicted molar refractivity (Wildman–Crippen MR) is 88.3 cm³/mol. The van der Waals surface area contributed by atoms with Crippen LogP contribution >= 0.6 is 0 Å². The average molecular weight is 337 g/mol. The van der Waals surface area contributed by atoms with Crippen molar-refractivity contribution in [3.05, 3.63) is 30.1 Å². The monoisotopic (exact) mass is 337 g/mol. The van der Waals surface area contributed by atoms with Gasteiger partial charge in [-0.05, 0) is 32.9 Å². The molecule has 0 aliphatic carbocycles. The maximum Gasteiger partial charge on any atom is 0.317 e. The van der Waals surface area contributed by atoms with E-state index in [1.165, 1.54) is 18.2 Å². The largest absolute Gasteiger partial charge is 0.484 e. The number of rotatable bonds is 3. The predicted octanol–water partition coefficient (Wildman–Crippen LogP) is 1.86. The second kappa shape index (κ2) is 7.51. The van der Waals surface area contributed by atoms with E-state index in [-0.39, 0.29) is 24.1 Å². The van der Waals surface area contributed by atoms with Crippen molar-refractivity contribution in [2.45, 2.75) is 26.3 Å². The van der Waals surface area contributed by atoms with E-state index in [0.29, 0.717) is 31.9 Å². The van der Waals surface area contributed by atoms with Crippen LogP contribution < -0.4 is 10.1 Å². The molecule has 6 nitrogen and oxygen atoms in total. The van der Waals surface area contributed by atoms with E-state index >= 15 is 0 Å². The number of hydrogen-bond donors (Lipinski definition) is 1. The fourth-order valence-electron chi connectivity index (χ4n) is 2.35. The van der Waals surface area contributed by atoms with E-state index in [1.54, 1.807) is 15.9 Å². The van der Waals surface area contributed by atoms with Gasteiger partial charge in [-0.2, -0.15) is 0 Å². The summed E-state index contributed by atoms with van der Waals surface area (Å²) in [6.07, 6.45) is 0. The molecule has 1 aliphatic heterocycles. The Bertz CT molecular complexity index is 593. The Hall–Kier alpha value is -2.31. The zero-order valence-corrected chi connectivity index (χ0v) is 14.3. The van der Waals surface area contributed by atoms with Crippen molar-refractivity contribution in [1.29, 1.82) is 0 Å². The average Bonchev–Trinajstić information content (AvgIpc) is 2.51. The molecule has 24 heavy (non-hydrogen) atoms. The van der Waals surface area contributed by atoms with Crippen LogP contribution in [0.25, 0.3) is 0 Å². The molecule has 0 spiro atoms. The Kier molecular flexibility index (Phi) is 5.64. The molecule has 3 amide bonds. The highest BCUT2D eigenvalue weighted by Crippen LogP contribution is 2.12. The third-order valence-electron chi connectivity index (χ3n) is 3.56. The van der Waals surface area contributed by atoms with Crippen LogP contribution in [-0.2, 0) is 4.79 Å². The van der Waals surface area contributed by atoms with Gasteiger partial charge in [0.15, 0.2) is 6.61 Å². The minimum absolute atomic E-state index is 0.120. The molecule has 1 fully saturated rings. The van der Waals surface area contributed by atoms with Crippen molar-refractivity contribution in [2.75, 3.05) is 32.8 Å². The Morgan fingerprint density at radius 3 is 2.38 bits per heavy atom. The van der Waals surface area contributed by atoms with Crippen molar-refractivity contribution >= 4 is 11.9 Å². The molecule has 1 N–H and O–H groups in total. The zero-order chi connectivity index (χ0) is 17.7. The maximum atomic E-state index is 13.1. The highest BCUT2D eigenvalue weighted by molar-refractivity contribution is 5.79. The number of carbonyl (C=O) groups is 2. The summed E-state index contributed by atoms with van der Waals surface area (Å²) in [5, 5.41) is 2.91. The first-order valence-corrected chi connectivity index (χ1v) is 7.98. The Morgan fingerprint density at radius 1 is 1.17 bits per heavy atom. The van der Waals surface area contributed by atoms with Crippen molar-refractivity contribution in [2.24, 2.45) is 0 Å². The third kappa shape index (κ3) is 5.40. The molecule has 1 heterocycles. The molecule has 0 unspecified atom stereocenters. The molecule has 132 valence electrons. The van der Waals surface area contributed by atoms with Gasteiger partial charge >= 0.3 is 6.03 Å². The van der Waals surface area contributed by atoms with Crippen LogP contribution in [0.2, 0.25) is 0 Å². The number of carbonyl (C=O) groups excluding carboxylic acids is 2. The van der Waals surface area contributed by atoms with Gasteiger partial charge in [0.1, 0.15) is 11.6 Å². The molecule has 0 atom stereocenters. The molecule has 7 heteroatoms. The van der Waals surface area contributed by atoms with Gasteiger partial charge in [0.25, 0.3) is 5.91 Å². The van der Waals surface area contributed by atoms with Crippen LogP contribution in [0.15, 0.2) is 24.3 Å². The summed E-state index contributed by atoms with van der Waals surface area (Å²) in [5.41, 5.74) is -0.289. The van der Waals surface area contributed by atoms with Crippen LogP contribution in [-0.4, -0.2) is 60.1 Å². The minimum Gasteiger partial charge on any atom is -0.484 e. The molecule has 1 saturated heterocycles. The molecule has 0 radical (unpaired) electrons. The number of benzene rings is 1. The summed E-state index contributed by atoms with van der Waals surface area (Å²) < 4.78 is 18.4. The number of nitrogens with zero attached hydrogens (tertiary/aromatic N) is 2. The molecule has 0 bridgehead atoms. The lowest BCUT2D eigenvalue weighted by molar-refractivity contribution is -0.134. The van der Waals surface area contributed by atoms with Gasteiger partial charge in [0.2, 0.25) is 0 Å². The number of hydrogen-bond acceptors (Lipinski definition) is 3. The summed E-state index contributed by atoms with van der Waals surface area (Å²) in [5.74, 6) is -0.250. The fraction of sp³-hybridized carbons (Fsp3) is 0.529. The quantitative estimate of drug-likeness (QED) is 0.916. The van der Waals surface area contributed by atoms with E-state index in [1.807, 2.05) is 20.8 Å². The maximum absolute atomic E-state index is 13.1. The third-order valence-corrected chi connectivity index (χ3v) is 3.56. The lowest BCUT2D eigenvalue weighted by Gasteiger charge is -2.36. The first-order valence-electron chi connectivity index (χ1n) is 7.98. The summed E-state index contributed by atoms with van der Waals surface area (Å²) in [6.45, 7) is 7.52. The summed E-state index contributed by atoms with van der Waals surface area (Å²) in [7, 11) is 0. The number of urea groups is 1. The van der Waals surface area contributed by atoms with Gasteiger partial charge in [-0.3, -0.25) is 4.79 Å². The van der Waals surface area contributed by atoms with Crippen molar-refractivity contribution in [3.63, 3.8) is 0 Å². The standard InChI is InChI=1S/C17H24FN3O3/c1-17(2,3)19-16(23)21-9-7-20(8-10-21)15(22)12-24-14-6-4-5-13(18)11-14/h4-6,11H,7-10,12H2,1-3H3,(H,19,23). The van der Waals surface area contributed by atoms with E-state index < -0.39 is 5.82 Å². The molecule has 1 aromatic rings. The van der Waals surface area contributed by atoms with Gasteiger partial charge in [0, 0.05) is 37.8 Å². The Morgan fingerprint density at radius 2 is 1.79 bits per heavy atom. The molecule has 2 rings (SSSR count). The fourth-order valence-corrected chi connectivity index (χ4v) is 2.35. The summed E-state index contributed by atoms with van der Waals surface area (Å²) in [6, 6.07) is 5.57. The smallest absolute Gasteiger partial charge is 0.317 e. The van der Waals surface area contributed by atoms with Gasteiger partial charge in [-0.15, -0.1) is 0 Å². The lowest BCUT2D eigenvalue weighted by atomic mass is 10.1. The van der Waals surface area contributed by atoms with E-state index in [4.69, 9.17) is 4.74 Å². The normalized spacial score (nSPS) is 15.2. The highest BCUT2D eigenvalue weighted by atomic mass is 19.1. The number of amides is 3. The lowest BCUT2D eigenvalue weighted by Crippen LogP contribution is -2.56. The second-order valence-electron chi connectivity index (χ2n) is 6.79. The molecule has 0 saturated carbocycles. The van der Waals surface area contributed by atoms with Gasteiger partial charge in [-0.25, -0.2) is 9.18 Å². The van der Waals surface area contributed by atoms with Crippen molar-refractivity contribution in [3.8, 4) is 5.75 Å². The number of halogens is 1. The van der Waals surface area contributed by atoms with Crippen molar-refractivity contribution in [1.82, 2.24) is 15.1 Å². The van der Waals surface area contributed by atoms with E-state index in [9.17, 15) is 14.0 Å². The molecule has 0 aromatic heterocycles. The second-order valence-corrected chi connectivity index (χ2v) is 6.79. The van der Waals surface area contributed by atoms with Crippen molar-refractivity contribution < 1.29 is 18.7 Å². The highest BCUT2D eigenvalue weighted by Gasteiger charge is 2.26. The van der Waals surface area contributed by atoms with Gasteiger partial charge < -0.3 is 19.9 Å². The Labute approximate surface area is 141 Å². The van der Waals surface area contributed by atoms with Crippen LogP contribution in [0.5, 0.6) is 5.75 Å². The van der Waals surface area contributed by atoms with E-state index in [2.05, 4.69) is 5.32 Å². The SMILES string of the molecule is CC(C)(C)NC(=O)N1CCN(C(=O)COc2cccc(F)c2)CC1. The first kappa shape index (κ1) is 18.0. The number of piperazine rings is 1.